The van der Waals surface area contributed by atoms with Crippen LogP contribution in [-0.2, 0) is 6.54 Å². The van der Waals surface area contributed by atoms with E-state index in [2.05, 4.69) is 34.5 Å². The van der Waals surface area contributed by atoms with Crippen LogP contribution in [0.3, 0.4) is 0 Å². The quantitative estimate of drug-likeness (QED) is 0.905. The molecule has 1 saturated heterocycles. The number of para-hydroxylation sites is 1. The third-order valence-corrected chi connectivity index (χ3v) is 5.46. The lowest BCUT2D eigenvalue weighted by Gasteiger charge is -2.25. The minimum absolute atomic E-state index is 0.684. The third kappa shape index (κ3) is 2.95. The molecule has 1 N–H and O–H groups in total. The van der Waals surface area contributed by atoms with Crippen LogP contribution in [0.4, 0.5) is 0 Å². The molecule has 3 atom stereocenters. The summed E-state index contributed by atoms with van der Waals surface area (Å²) in [6.45, 7) is 4.06. The van der Waals surface area contributed by atoms with Crippen molar-refractivity contribution in [2.24, 2.45) is 5.92 Å². The van der Waals surface area contributed by atoms with Crippen molar-refractivity contribution in [1.29, 1.82) is 0 Å². The van der Waals surface area contributed by atoms with Crippen LogP contribution in [0, 0.1) is 5.92 Å². The molecule has 0 aromatic heterocycles. The highest BCUT2D eigenvalue weighted by molar-refractivity contribution is 5.33. The maximum atomic E-state index is 5.88. The predicted molar refractivity (Wildman–Crippen MR) is 84.5 cm³/mol. The van der Waals surface area contributed by atoms with Gasteiger partial charge in [0, 0.05) is 37.3 Å². The average Bonchev–Trinajstić information content (AvgIpc) is 2.79. The Morgan fingerprint density at radius 2 is 2.10 bits per heavy atom. The first kappa shape index (κ1) is 13.6. The maximum absolute atomic E-state index is 5.88. The molecule has 2 heterocycles. The molecule has 114 valence electrons. The topological polar surface area (TPSA) is 24.5 Å². The monoisotopic (exact) mass is 286 g/mol. The molecule has 0 radical (unpaired) electrons. The molecular formula is C18H26N2O. The lowest BCUT2D eigenvalue weighted by Crippen LogP contribution is -2.41. The van der Waals surface area contributed by atoms with Crippen LogP contribution in [0.2, 0.25) is 0 Å². The van der Waals surface area contributed by atoms with Gasteiger partial charge in [0.05, 0.1) is 0 Å². The summed E-state index contributed by atoms with van der Waals surface area (Å²) in [4.78, 5) is 2.57. The fourth-order valence-electron chi connectivity index (χ4n) is 4.42. The van der Waals surface area contributed by atoms with Gasteiger partial charge in [0.1, 0.15) is 12.4 Å². The summed E-state index contributed by atoms with van der Waals surface area (Å²) >= 11 is 0. The van der Waals surface area contributed by atoms with E-state index in [0.29, 0.717) is 6.04 Å². The van der Waals surface area contributed by atoms with E-state index >= 15 is 0 Å². The normalized spacial score (nSPS) is 32.9. The van der Waals surface area contributed by atoms with E-state index in [0.717, 1.165) is 37.4 Å². The highest BCUT2D eigenvalue weighted by Gasteiger charge is 2.35. The second-order valence-electron chi connectivity index (χ2n) is 6.94. The Balaban J connectivity index is 1.39. The van der Waals surface area contributed by atoms with Crippen molar-refractivity contribution >= 4 is 0 Å². The van der Waals surface area contributed by atoms with E-state index in [9.17, 15) is 0 Å². The molecule has 3 nitrogen and oxygen atoms in total. The van der Waals surface area contributed by atoms with Gasteiger partial charge in [0.15, 0.2) is 0 Å². The Hall–Kier alpha value is -1.06. The zero-order chi connectivity index (χ0) is 14.1. The van der Waals surface area contributed by atoms with E-state index in [-0.39, 0.29) is 0 Å². The largest absolute Gasteiger partial charge is 0.492 e. The number of hydrogen-bond donors (Lipinski definition) is 1. The van der Waals surface area contributed by atoms with E-state index in [1.807, 2.05) is 0 Å². The first-order valence-corrected chi connectivity index (χ1v) is 8.57. The number of ether oxygens (including phenoxy) is 1. The first-order valence-electron chi connectivity index (χ1n) is 8.57. The maximum Gasteiger partial charge on any atom is 0.123 e. The molecule has 3 aliphatic rings. The molecule has 1 aromatic carbocycles. The first-order chi connectivity index (χ1) is 10.4. The SMILES string of the molecule is c1ccc2c(c1)CN(CC1CC3CCCCC3N1)CCO2. The molecule has 1 aliphatic carbocycles. The van der Waals surface area contributed by atoms with Crippen LogP contribution in [0.25, 0.3) is 0 Å². The van der Waals surface area contributed by atoms with Crippen molar-refractivity contribution in [3.63, 3.8) is 0 Å². The van der Waals surface area contributed by atoms with Crippen molar-refractivity contribution in [1.82, 2.24) is 10.2 Å². The zero-order valence-corrected chi connectivity index (χ0v) is 12.8. The van der Waals surface area contributed by atoms with Gasteiger partial charge in [-0.2, -0.15) is 0 Å². The Morgan fingerprint density at radius 1 is 1.19 bits per heavy atom. The smallest absolute Gasteiger partial charge is 0.123 e. The fourth-order valence-corrected chi connectivity index (χ4v) is 4.42. The molecule has 1 aromatic rings. The Kier molecular flexibility index (Phi) is 3.87. The summed E-state index contributed by atoms with van der Waals surface area (Å²) in [6, 6.07) is 9.98. The van der Waals surface area contributed by atoms with Crippen LogP contribution >= 0.6 is 0 Å². The molecular weight excluding hydrogens is 260 g/mol. The summed E-state index contributed by atoms with van der Waals surface area (Å²) in [5.41, 5.74) is 1.34. The summed E-state index contributed by atoms with van der Waals surface area (Å²) in [5.74, 6) is 2.02. The second-order valence-corrected chi connectivity index (χ2v) is 6.94. The minimum Gasteiger partial charge on any atom is -0.492 e. The Bertz CT molecular complexity index is 476. The van der Waals surface area contributed by atoms with E-state index in [1.165, 1.54) is 44.2 Å². The summed E-state index contributed by atoms with van der Waals surface area (Å²) in [7, 11) is 0. The van der Waals surface area contributed by atoms with Gasteiger partial charge in [-0.25, -0.2) is 0 Å². The summed E-state index contributed by atoms with van der Waals surface area (Å²) in [5, 5.41) is 3.90. The molecule has 2 fully saturated rings. The molecule has 4 rings (SSSR count). The van der Waals surface area contributed by atoms with Gasteiger partial charge in [-0.1, -0.05) is 31.0 Å². The Morgan fingerprint density at radius 3 is 3.05 bits per heavy atom. The average molecular weight is 286 g/mol. The van der Waals surface area contributed by atoms with Gasteiger partial charge < -0.3 is 10.1 Å². The zero-order valence-electron chi connectivity index (χ0n) is 12.8. The lowest BCUT2D eigenvalue weighted by atomic mass is 9.85. The van der Waals surface area contributed by atoms with Gasteiger partial charge >= 0.3 is 0 Å². The van der Waals surface area contributed by atoms with Crippen LogP contribution in [0.15, 0.2) is 24.3 Å². The highest BCUT2D eigenvalue weighted by Crippen LogP contribution is 2.33. The van der Waals surface area contributed by atoms with E-state index in [1.54, 1.807) is 0 Å². The molecule has 1 saturated carbocycles. The molecule has 3 heteroatoms. The van der Waals surface area contributed by atoms with Gasteiger partial charge in [0.25, 0.3) is 0 Å². The lowest BCUT2D eigenvalue weighted by molar-refractivity contribution is 0.209. The number of benzene rings is 1. The van der Waals surface area contributed by atoms with E-state index in [4.69, 9.17) is 4.74 Å². The number of fused-ring (bicyclic) bond motifs is 2. The fraction of sp³-hybridized carbons (Fsp3) is 0.667. The predicted octanol–water partition coefficient (Wildman–Crippen LogP) is 2.80. The third-order valence-electron chi connectivity index (χ3n) is 5.46. The number of rotatable bonds is 2. The van der Waals surface area contributed by atoms with Gasteiger partial charge in [-0.05, 0) is 31.2 Å². The standard InChI is InChI=1S/C18H26N2O/c1-3-7-17-14(5-1)11-16(19-17)13-20-9-10-21-18-8-4-2-6-15(18)12-20/h2,4,6,8,14,16-17,19H,1,3,5,7,9-13H2. The molecule has 0 amide bonds. The summed E-state index contributed by atoms with van der Waals surface area (Å²) in [6.07, 6.45) is 7.09. The number of hydrogen-bond acceptors (Lipinski definition) is 3. The molecule has 3 unspecified atom stereocenters. The van der Waals surface area contributed by atoms with Crippen molar-refractivity contribution < 1.29 is 4.74 Å². The second kappa shape index (κ2) is 5.98. The molecule has 0 bridgehead atoms. The number of nitrogens with zero attached hydrogens (tertiary/aromatic N) is 1. The van der Waals surface area contributed by atoms with Crippen molar-refractivity contribution in [2.75, 3.05) is 19.7 Å². The molecule has 2 aliphatic heterocycles. The van der Waals surface area contributed by atoms with Crippen LogP contribution < -0.4 is 10.1 Å². The van der Waals surface area contributed by atoms with Crippen LogP contribution in [0.1, 0.15) is 37.7 Å². The summed E-state index contributed by atoms with van der Waals surface area (Å²) < 4.78 is 5.88. The van der Waals surface area contributed by atoms with Gasteiger partial charge in [-0.15, -0.1) is 0 Å². The van der Waals surface area contributed by atoms with Crippen LogP contribution in [0.5, 0.6) is 5.75 Å². The minimum atomic E-state index is 0.684. The van der Waals surface area contributed by atoms with Crippen molar-refractivity contribution in [3.8, 4) is 5.75 Å². The van der Waals surface area contributed by atoms with Crippen molar-refractivity contribution in [3.05, 3.63) is 29.8 Å². The highest BCUT2D eigenvalue weighted by atomic mass is 16.5. The van der Waals surface area contributed by atoms with E-state index < -0.39 is 0 Å². The Labute approximate surface area is 127 Å². The molecule has 0 spiro atoms. The number of nitrogens with one attached hydrogen (secondary N) is 1. The van der Waals surface area contributed by atoms with Crippen LogP contribution in [-0.4, -0.2) is 36.7 Å². The van der Waals surface area contributed by atoms with Gasteiger partial charge in [-0.3, -0.25) is 4.90 Å². The molecule has 21 heavy (non-hydrogen) atoms. The van der Waals surface area contributed by atoms with Gasteiger partial charge in [0.2, 0.25) is 0 Å². The van der Waals surface area contributed by atoms with Crippen molar-refractivity contribution in [2.45, 2.75) is 50.7 Å².